The van der Waals surface area contributed by atoms with Crippen molar-refractivity contribution in [1.29, 1.82) is 0 Å². The summed E-state index contributed by atoms with van der Waals surface area (Å²) < 4.78 is 5.56. The molecule has 1 rings (SSSR count). The van der Waals surface area contributed by atoms with E-state index in [0.29, 0.717) is 6.10 Å². The van der Waals surface area contributed by atoms with E-state index in [-0.39, 0.29) is 5.60 Å². The van der Waals surface area contributed by atoms with Gasteiger partial charge in [-0.15, -0.1) is 0 Å². The third-order valence-corrected chi connectivity index (χ3v) is 2.96. The summed E-state index contributed by atoms with van der Waals surface area (Å²) in [6.45, 7) is 6.47. The number of hydrogen-bond donors (Lipinski definition) is 0. The first-order chi connectivity index (χ1) is 5.58. The number of epoxide rings is 1. The van der Waals surface area contributed by atoms with Crippen molar-refractivity contribution in [2.45, 2.75) is 45.3 Å². The predicted molar refractivity (Wildman–Crippen MR) is 55.7 cm³/mol. The molecule has 0 aromatic carbocycles. The largest absolute Gasteiger partial charge is 0.365 e. The molecular formula is C10H17BrO. The van der Waals surface area contributed by atoms with Gasteiger partial charge in [0.25, 0.3) is 0 Å². The highest BCUT2D eigenvalue weighted by molar-refractivity contribution is 9.09. The van der Waals surface area contributed by atoms with E-state index in [2.05, 4.69) is 42.8 Å². The van der Waals surface area contributed by atoms with Crippen LogP contribution in [0.25, 0.3) is 0 Å². The van der Waals surface area contributed by atoms with Gasteiger partial charge in [-0.1, -0.05) is 27.6 Å². The first-order valence-corrected chi connectivity index (χ1v) is 5.58. The highest BCUT2D eigenvalue weighted by atomic mass is 79.9. The number of allylic oxidation sites excluding steroid dienone is 2. The Bertz CT molecular complexity index is 184. The predicted octanol–water partition coefficient (Wildman–Crippen LogP) is 3.29. The summed E-state index contributed by atoms with van der Waals surface area (Å²) in [7, 11) is 0. The lowest BCUT2D eigenvalue weighted by molar-refractivity contribution is 0.301. The van der Waals surface area contributed by atoms with E-state index < -0.39 is 0 Å². The smallest absolute Gasteiger partial charge is 0.0967 e. The van der Waals surface area contributed by atoms with Gasteiger partial charge in [-0.2, -0.15) is 0 Å². The van der Waals surface area contributed by atoms with Gasteiger partial charge in [-0.05, 0) is 33.6 Å². The third kappa shape index (κ3) is 2.60. The fourth-order valence-corrected chi connectivity index (χ4v) is 2.17. The van der Waals surface area contributed by atoms with Crippen LogP contribution >= 0.6 is 15.9 Å². The van der Waals surface area contributed by atoms with Crippen molar-refractivity contribution >= 4 is 15.9 Å². The molecule has 1 nitrogen and oxygen atoms in total. The second kappa shape index (κ2) is 3.93. The summed E-state index contributed by atoms with van der Waals surface area (Å²) in [5, 5.41) is 0.971. The first kappa shape index (κ1) is 10.3. The molecule has 12 heavy (non-hydrogen) atoms. The second-order valence-corrected chi connectivity index (χ2v) is 4.54. The zero-order valence-corrected chi connectivity index (χ0v) is 9.65. The van der Waals surface area contributed by atoms with Crippen molar-refractivity contribution in [2.24, 2.45) is 0 Å². The van der Waals surface area contributed by atoms with Crippen molar-refractivity contribution in [3.8, 4) is 0 Å². The molecule has 70 valence electrons. The summed E-state index contributed by atoms with van der Waals surface area (Å²) in [6, 6.07) is 0. The monoisotopic (exact) mass is 232 g/mol. The third-order valence-electron chi connectivity index (χ3n) is 2.37. The highest BCUT2D eigenvalue weighted by Crippen LogP contribution is 2.41. The second-order valence-electron chi connectivity index (χ2n) is 3.89. The molecule has 0 unspecified atom stereocenters. The summed E-state index contributed by atoms with van der Waals surface area (Å²) in [6.07, 6.45) is 5.01. The molecule has 0 N–H and O–H groups in total. The summed E-state index contributed by atoms with van der Waals surface area (Å²) >= 11 is 3.43. The number of halogens is 1. The van der Waals surface area contributed by atoms with Crippen LogP contribution in [0.1, 0.15) is 33.6 Å². The molecule has 1 aliphatic heterocycles. The normalized spacial score (nSPS) is 33.2. The Balaban J connectivity index is 2.21. The van der Waals surface area contributed by atoms with Crippen molar-refractivity contribution in [3.63, 3.8) is 0 Å². The van der Waals surface area contributed by atoms with E-state index in [0.717, 1.165) is 18.2 Å². The lowest BCUT2D eigenvalue weighted by atomic mass is 10.0. The molecule has 2 heteroatoms. The number of hydrogen-bond acceptors (Lipinski definition) is 1. The summed E-state index contributed by atoms with van der Waals surface area (Å²) in [5.41, 5.74) is 1.56. The van der Waals surface area contributed by atoms with Gasteiger partial charge in [0, 0.05) is 5.33 Å². The topological polar surface area (TPSA) is 12.5 Å². The van der Waals surface area contributed by atoms with Crippen LogP contribution in [0.4, 0.5) is 0 Å². The lowest BCUT2D eigenvalue weighted by Gasteiger charge is -2.02. The van der Waals surface area contributed by atoms with Crippen molar-refractivity contribution < 1.29 is 4.74 Å². The summed E-state index contributed by atoms with van der Waals surface area (Å²) in [4.78, 5) is 0. The van der Waals surface area contributed by atoms with Crippen LogP contribution in [-0.4, -0.2) is 17.0 Å². The van der Waals surface area contributed by atoms with Gasteiger partial charge in [0.1, 0.15) is 0 Å². The van der Waals surface area contributed by atoms with Gasteiger partial charge in [-0.3, -0.25) is 0 Å². The molecular weight excluding hydrogens is 216 g/mol. The highest BCUT2D eigenvalue weighted by Gasteiger charge is 2.50. The van der Waals surface area contributed by atoms with E-state index in [1.807, 2.05) is 0 Å². The Hall–Kier alpha value is 0.180. The van der Waals surface area contributed by atoms with Crippen molar-refractivity contribution in [3.05, 3.63) is 11.6 Å². The molecule has 0 aromatic rings. The lowest BCUT2D eigenvalue weighted by Crippen LogP contribution is -2.09. The minimum absolute atomic E-state index is 0.162. The number of ether oxygens (including phenoxy) is 1. The van der Waals surface area contributed by atoms with Crippen LogP contribution in [0, 0.1) is 0 Å². The van der Waals surface area contributed by atoms with Gasteiger partial charge in [0.15, 0.2) is 0 Å². The standard InChI is InChI=1S/C10H17BrO/c1-8(2)5-4-6-10(3)9(7-11)12-10/h5,9H,4,6-7H2,1-3H3/t9-,10-/m1/s1. The Kier molecular flexibility index (Phi) is 3.36. The van der Waals surface area contributed by atoms with Crippen molar-refractivity contribution in [2.75, 3.05) is 5.33 Å². The number of rotatable bonds is 4. The van der Waals surface area contributed by atoms with E-state index in [9.17, 15) is 0 Å². The Morgan fingerprint density at radius 1 is 1.58 bits per heavy atom. The summed E-state index contributed by atoms with van der Waals surface area (Å²) in [5.74, 6) is 0. The maximum absolute atomic E-state index is 5.56. The molecule has 0 bridgehead atoms. The van der Waals surface area contributed by atoms with Gasteiger partial charge in [0.05, 0.1) is 11.7 Å². The molecule has 0 saturated carbocycles. The Labute approximate surface area is 83.3 Å². The fourth-order valence-electron chi connectivity index (χ4n) is 1.35. The van der Waals surface area contributed by atoms with Crippen LogP contribution in [0.2, 0.25) is 0 Å². The molecule has 0 aliphatic carbocycles. The SMILES string of the molecule is CC(C)=CCC[C@@]1(C)O[C@@H]1CBr. The molecule has 1 fully saturated rings. The zero-order valence-electron chi connectivity index (χ0n) is 8.06. The van der Waals surface area contributed by atoms with Crippen LogP contribution < -0.4 is 0 Å². The van der Waals surface area contributed by atoms with E-state index in [1.54, 1.807) is 0 Å². The number of alkyl halides is 1. The van der Waals surface area contributed by atoms with Gasteiger partial charge in [-0.25, -0.2) is 0 Å². The average Bonchev–Trinajstić information content (AvgIpc) is 2.61. The molecule has 0 aromatic heterocycles. The molecule has 1 saturated heterocycles. The zero-order chi connectivity index (χ0) is 9.19. The molecule has 0 spiro atoms. The molecule has 0 radical (unpaired) electrons. The van der Waals surface area contributed by atoms with Gasteiger partial charge in [0.2, 0.25) is 0 Å². The van der Waals surface area contributed by atoms with E-state index in [1.165, 1.54) is 5.57 Å². The molecule has 1 aliphatic rings. The minimum atomic E-state index is 0.162. The minimum Gasteiger partial charge on any atom is -0.365 e. The van der Waals surface area contributed by atoms with Crippen LogP contribution in [0.3, 0.4) is 0 Å². The molecule has 2 atom stereocenters. The quantitative estimate of drug-likeness (QED) is 0.412. The van der Waals surface area contributed by atoms with E-state index >= 15 is 0 Å². The van der Waals surface area contributed by atoms with Crippen LogP contribution in [-0.2, 0) is 4.74 Å². The maximum atomic E-state index is 5.56. The van der Waals surface area contributed by atoms with Gasteiger partial charge >= 0.3 is 0 Å². The fraction of sp³-hybridized carbons (Fsp3) is 0.800. The van der Waals surface area contributed by atoms with Gasteiger partial charge < -0.3 is 4.74 Å². The van der Waals surface area contributed by atoms with Crippen molar-refractivity contribution in [1.82, 2.24) is 0 Å². The van der Waals surface area contributed by atoms with Crippen LogP contribution in [0.15, 0.2) is 11.6 Å². The molecule has 0 amide bonds. The molecule has 1 heterocycles. The first-order valence-electron chi connectivity index (χ1n) is 4.45. The van der Waals surface area contributed by atoms with Crippen LogP contribution in [0.5, 0.6) is 0 Å². The van der Waals surface area contributed by atoms with E-state index in [4.69, 9.17) is 4.74 Å². The Morgan fingerprint density at radius 2 is 2.25 bits per heavy atom. The Morgan fingerprint density at radius 3 is 2.67 bits per heavy atom. The average molecular weight is 233 g/mol. The maximum Gasteiger partial charge on any atom is 0.0967 e.